The summed E-state index contributed by atoms with van der Waals surface area (Å²) in [4.78, 5) is 14.4. The minimum Gasteiger partial charge on any atom is -0.293 e. The Balaban J connectivity index is 2.44. The van der Waals surface area contributed by atoms with E-state index in [1.807, 2.05) is 0 Å². The van der Waals surface area contributed by atoms with E-state index in [2.05, 4.69) is 4.99 Å². The van der Waals surface area contributed by atoms with Crippen LogP contribution in [-0.4, -0.2) is 23.6 Å². The molecular formula is C5H7NOS. The Hall–Kier alpha value is -0.310. The maximum absolute atomic E-state index is 10.5. The molecule has 0 aliphatic carbocycles. The van der Waals surface area contributed by atoms with E-state index in [1.54, 1.807) is 11.8 Å². The summed E-state index contributed by atoms with van der Waals surface area (Å²) in [7, 11) is 0. The predicted octanol–water partition coefficient (Wildman–Crippen LogP) is 0.721. The fourth-order valence-corrected chi connectivity index (χ4v) is 1.15. The molecular weight excluding hydrogens is 122 g/mol. The van der Waals surface area contributed by atoms with Crippen molar-refractivity contribution in [1.82, 2.24) is 0 Å². The van der Waals surface area contributed by atoms with Crippen molar-refractivity contribution in [3.63, 3.8) is 0 Å². The molecule has 1 aliphatic heterocycles. The van der Waals surface area contributed by atoms with Crippen LogP contribution in [0.4, 0.5) is 0 Å². The number of nitrogens with zero attached hydrogens (tertiary/aromatic N) is 1. The third-order valence-corrected chi connectivity index (χ3v) is 1.72. The zero-order chi connectivity index (χ0) is 5.82. The van der Waals surface area contributed by atoms with Crippen LogP contribution in [0.5, 0.6) is 0 Å². The van der Waals surface area contributed by atoms with Gasteiger partial charge in [-0.1, -0.05) is 0 Å². The standard InChI is InChI=1S/C5H7NOS/c7-5-1-2-8-4-6-3-5/h3H,1-2,4H2. The molecule has 0 unspecified atom stereocenters. The van der Waals surface area contributed by atoms with Crippen LogP contribution in [0, 0.1) is 0 Å². The van der Waals surface area contributed by atoms with Gasteiger partial charge in [-0.2, -0.15) is 0 Å². The first-order valence-electron chi connectivity index (χ1n) is 2.50. The molecule has 0 atom stereocenters. The fourth-order valence-electron chi connectivity index (χ4n) is 0.494. The molecule has 1 rings (SSSR count). The Kier molecular flexibility index (Phi) is 2.09. The van der Waals surface area contributed by atoms with Gasteiger partial charge < -0.3 is 0 Å². The molecule has 0 saturated carbocycles. The minimum absolute atomic E-state index is 0.162. The van der Waals surface area contributed by atoms with Crippen molar-refractivity contribution in [2.75, 3.05) is 11.6 Å². The highest BCUT2D eigenvalue weighted by Crippen LogP contribution is 2.04. The summed E-state index contributed by atoms with van der Waals surface area (Å²) in [5.74, 6) is 1.85. The van der Waals surface area contributed by atoms with Crippen LogP contribution in [0.25, 0.3) is 0 Å². The number of hydrogen-bond acceptors (Lipinski definition) is 3. The summed E-state index contributed by atoms with van der Waals surface area (Å²) in [6.07, 6.45) is 2.09. The molecule has 0 N–H and O–H groups in total. The Morgan fingerprint density at radius 2 is 2.62 bits per heavy atom. The van der Waals surface area contributed by atoms with Gasteiger partial charge in [-0.05, 0) is 0 Å². The lowest BCUT2D eigenvalue weighted by molar-refractivity contribution is -0.112. The number of thioether (sulfide) groups is 1. The first-order chi connectivity index (χ1) is 3.89. The summed E-state index contributed by atoms with van der Waals surface area (Å²) in [6, 6.07) is 0. The van der Waals surface area contributed by atoms with Crippen molar-refractivity contribution in [2.45, 2.75) is 6.42 Å². The van der Waals surface area contributed by atoms with Gasteiger partial charge in [0.2, 0.25) is 0 Å². The van der Waals surface area contributed by atoms with Crippen molar-refractivity contribution in [3.8, 4) is 0 Å². The van der Waals surface area contributed by atoms with Crippen LogP contribution < -0.4 is 0 Å². The summed E-state index contributed by atoms with van der Waals surface area (Å²) in [5.41, 5.74) is 0. The van der Waals surface area contributed by atoms with E-state index in [0.29, 0.717) is 6.42 Å². The molecule has 1 aliphatic rings. The average Bonchev–Trinajstić information content (AvgIpc) is 1.94. The van der Waals surface area contributed by atoms with E-state index in [9.17, 15) is 4.79 Å². The number of carbonyl (C=O) groups excluding carboxylic acids is 1. The Bertz CT molecular complexity index is 122. The fraction of sp³-hybridized carbons (Fsp3) is 0.600. The lowest BCUT2D eigenvalue weighted by Crippen LogP contribution is -1.96. The third kappa shape index (κ3) is 1.66. The van der Waals surface area contributed by atoms with Crippen molar-refractivity contribution < 1.29 is 4.79 Å². The first-order valence-corrected chi connectivity index (χ1v) is 3.65. The Morgan fingerprint density at radius 3 is 3.50 bits per heavy atom. The average molecular weight is 129 g/mol. The van der Waals surface area contributed by atoms with Crippen molar-refractivity contribution in [2.24, 2.45) is 4.99 Å². The number of carbonyl (C=O) groups is 1. The number of ketones is 1. The normalized spacial score (nSPS) is 20.8. The summed E-state index contributed by atoms with van der Waals surface area (Å²) in [5, 5.41) is 0. The molecule has 0 radical (unpaired) electrons. The van der Waals surface area contributed by atoms with Crippen LogP contribution in [0.15, 0.2) is 4.99 Å². The maximum Gasteiger partial charge on any atom is 0.174 e. The van der Waals surface area contributed by atoms with E-state index in [0.717, 1.165) is 11.6 Å². The quantitative estimate of drug-likeness (QED) is 0.482. The molecule has 0 saturated heterocycles. The van der Waals surface area contributed by atoms with Crippen LogP contribution in [0.3, 0.4) is 0 Å². The van der Waals surface area contributed by atoms with E-state index >= 15 is 0 Å². The van der Waals surface area contributed by atoms with Gasteiger partial charge in [0.1, 0.15) is 0 Å². The highest BCUT2D eigenvalue weighted by Gasteiger charge is 1.99. The van der Waals surface area contributed by atoms with Crippen LogP contribution >= 0.6 is 11.8 Å². The second-order valence-electron chi connectivity index (χ2n) is 1.57. The summed E-state index contributed by atoms with van der Waals surface area (Å²) in [6.45, 7) is 0. The van der Waals surface area contributed by atoms with Gasteiger partial charge in [0, 0.05) is 12.2 Å². The van der Waals surface area contributed by atoms with E-state index in [1.165, 1.54) is 6.21 Å². The zero-order valence-electron chi connectivity index (χ0n) is 4.46. The largest absolute Gasteiger partial charge is 0.293 e. The van der Waals surface area contributed by atoms with E-state index in [4.69, 9.17) is 0 Å². The number of aliphatic imine (C=N–C) groups is 1. The lowest BCUT2D eigenvalue weighted by Gasteiger charge is -1.85. The summed E-state index contributed by atoms with van der Waals surface area (Å²) < 4.78 is 0. The number of hydrogen-bond donors (Lipinski definition) is 0. The number of rotatable bonds is 0. The molecule has 0 spiro atoms. The molecule has 0 aromatic carbocycles. The lowest BCUT2D eigenvalue weighted by atomic mass is 10.3. The zero-order valence-corrected chi connectivity index (χ0v) is 5.28. The predicted molar refractivity (Wildman–Crippen MR) is 35.4 cm³/mol. The van der Waals surface area contributed by atoms with E-state index < -0.39 is 0 Å². The second-order valence-corrected chi connectivity index (χ2v) is 2.64. The molecule has 3 heteroatoms. The van der Waals surface area contributed by atoms with Gasteiger partial charge in [-0.3, -0.25) is 9.79 Å². The van der Waals surface area contributed by atoms with Gasteiger partial charge >= 0.3 is 0 Å². The van der Waals surface area contributed by atoms with Crippen LogP contribution in [0.2, 0.25) is 0 Å². The highest BCUT2D eigenvalue weighted by atomic mass is 32.2. The molecule has 0 aromatic rings. The Morgan fingerprint density at radius 1 is 1.75 bits per heavy atom. The van der Waals surface area contributed by atoms with Gasteiger partial charge in [-0.25, -0.2) is 0 Å². The molecule has 0 bridgehead atoms. The van der Waals surface area contributed by atoms with Gasteiger partial charge in [0.25, 0.3) is 0 Å². The molecule has 8 heavy (non-hydrogen) atoms. The van der Waals surface area contributed by atoms with Crippen LogP contribution in [0.1, 0.15) is 6.42 Å². The van der Waals surface area contributed by atoms with Crippen LogP contribution in [-0.2, 0) is 4.79 Å². The monoisotopic (exact) mass is 129 g/mol. The van der Waals surface area contributed by atoms with Crippen molar-refractivity contribution in [1.29, 1.82) is 0 Å². The molecule has 0 fully saturated rings. The molecule has 2 nitrogen and oxygen atoms in total. The van der Waals surface area contributed by atoms with E-state index in [-0.39, 0.29) is 5.78 Å². The minimum atomic E-state index is 0.162. The molecule has 0 amide bonds. The third-order valence-electron chi connectivity index (χ3n) is 0.894. The Labute approximate surface area is 52.4 Å². The number of Topliss-reactive ketones (excluding diaryl/α,β-unsaturated/α-hetero) is 1. The highest BCUT2D eigenvalue weighted by molar-refractivity contribution is 7.99. The van der Waals surface area contributed by atoms with Gasteiger partial charge in [0.05, 0.1) is 12.1 Å². The van der Waals surface area contributed by atoms with Gasteiger partial charge in [-0.15, -0.1) is 11.8 Å². The van der Waals surface area contributed by atoms with Crippen molar-refractivity contribution in [3.05, 3.63) is 0 Å². The topological polar surface area (TPSA) is 29.4 Å². The van der Waals surface area contributed by atoms with Crippen molar-refractivity contribution >= 4 is 23.8 Å². The maximum atomic E-state index is 10.5. The first kappa shape index (κ1) is 5.82. The summed E-state index contributed by atoms with van der Waals surface area (Å²) >= 11 is 1.70. The SMILES string of the molecule is O=C1C=NCSCC1. The second kappa shape index (κ2) is 2.87. The molecule has 1 heterocycles. The van der Waals surface area contributed by atoms with Gasteiger partial charge in [0.15, 0.2) is 5.78 Å². The molecule has 44 valence electrons. The smallest absolute Gasteiger partial charge is 0.174 e. The molecule has 0 aromatic heterocycles.